The molecule has 0 N–H and O–H groups in total. The zero-order valence-electron chi connectivity index (χ0n) is 12.4. The minimum atomic E-state index is -3.37. The van der Waals surface area contributed by atoms with Crippen LogP contribution in [0.3, 0.4) is 0 Å². The highest BCUT2D eigenvalue weighted by molar-refractivity contribution is 7.90. The molecule has 0 unspecified atom stereocenters. The van der Waals surface area contributed by atoms with Crippen LogP contribution in [0, 0.1) is 0 Å². The van der Waals surface area contributed by atoms with Crippen molar-refractivity contribution in [3.63, 3.8) is 0 Å². The SMILES string of the molecule is CS(=O)(=O)c1cccc(C(=O)OCCOc2ccc(Cl)cc2)c1. The number of sulfone groups is 1. The van der Waals surface area contributed by atoms with E-state index >= 15 is 0 Å². The molecule has 5 nitrogen and oxygen atoms in total. The number of ether oxygens (including phenoxy) is 2. The lowest BCUT2D eigenvalue weighted by Gasteiger charge is -2.08. The maximum atomic E-state index is 11.9. The van der Waals surface area contributed by atoms with Crippen LogP contribution in [0.2, 0.25) is 5.02 Å². The van der Waals surface area contributed by atoms with Gasteiger partial charge in [0.2, 0.25) is 0 Å². The van der Waals surface area contributed by atoms with Crippen LogP contribution in [0.5, 0.6) is 5.75 Å². The molecule has 0 spiro atoms. The predicted octanol–water partition coefficient (Wildman–Crippen LogP) is 2.98. The number of hydrogen-bond acceptors (Lipinski definition) is 5. The quantitative estimate of drug-likeness (QED) is 0.589. The molecule has 0 fully saturated rings. The molecule has 0 aromatic heterocycles. The van der Waals surface area contributed by atoms with Crippen LogP contribution < -0.4 is 4.74 Å². The van der Waals surface area contributed by atoms with Crippen molar-refractivity contribution in [3.05, 3.63) is 59.1 Å². The van der Waals surface area contributed by atoms with E-state index in [9.17, 15) is 13.2 Å². The molecule has 2 aromatic rings. The molecule has 0 heterocycles. The topological polar surface area (TPSA) is 69.7 Å². The largest absolute Gasteiger partial charge is 0.490 e. The fourth-order valence-corrected chi connectivity index (χ4v) is 2.55. The first-order valence-corrected chi connectivity index (χ1v) is 8.99. The second-order valence-electron chi connectivity index (χ2n) is 4.74. The molecular formula is C16H15ClO5S. The van der Waals surface area contributed by atoms with Gasteiger partial charge in [-0.1, -0.05) is 17.7 Å². The van der Waals surface area contributed by atoms with E-state index in [4.69, 9.17) is 21.1 Å². The van der Waals surface area contributed by atoms with Crippen molar-refractivity contribution in [2.75, 3.05) is 19.5 Å². The molecule has 2 rings (SSSR count). The minimum Gasteiger partial charge on any atom is -0.490 e. The molecule has 23 heavy (non-hydrogen) atoms. The summed E-state index contributed by atoms with van der Waals surface area (Å²) in [6, 6.07) is 12.5. The zero-order chi connectivity index (χ0) is 16.9. The number of hydrogen-bond donors (Lipinski definition) is 0. The predicted molar refractivity (Wildman–Crippen MR) is 86.8 cm³/mol. The van der Waals surface area contributed by atoms with Gasteiger partial charge in [0.15, 0.2) is 9.84 Å². The highest BCUT2D eigenvalue weighted by atomic mass is 35.5. The summed E-state index contributed by atoms with van der Waals surface area (Å²) >= 11 is 5.76. The van der Waals surface area contributed by atoms with Crippen LogP contribution in [0.1, 0.15) is 10.4 Å². The van der Waals surface area contributed by atoms with E-state index in [2.05, 4.69) is 0 Å². The first-order chi connectivity index (χ1) is 10.9. The zero-order valence-corrected chi connectivity index (χ0v) is 13.9. The maximum absolute atomic E-state index is 11.9. The van der Waals surface area contributed by atoms with E-state index in [0.717, 1.165) is 6.26 Å². The molecule has 0 saturated carbocycles. The van der Waals surface area contributed by atoms with E-state index < -0.39 is 15.8 Å². The fraction of sp³-hybridized carbons (Fsp3) is 0.188. The Morgan fingerprint density at radius 3 is 2.43 bits per heavy atom. The molecular weight excluding hydrogens is 340 g/mol. The highest BCUT2D eigenvalue weighted by Crippen LogP contribution is 2.15. The van der Waals surface area contributed by atoms with Gasteiger partial charge in [-0.05, 0) is 42.5 Å². The normalized spacial score (nSPS) is 11.0. The first kappa shape index (κ1) is 17.3. The summed E-state index contributed by atoms with van der Waals surface area (Å²) in [5.74, 6) is 0.0136. The Kier molecular flexibility index (Phi) is 5.63. The number of rotatable bonds is 6. The summed E-state index contributed by atoms with van der Waals surface area (Å²) in [6.07, 6.45) is 1.08. The lowest BCUT2D eigenvalue weighted by molar-refractivity contribution is 0.0450. The molecule has 7 heteroatoms. The van der Waals surface area contributed by atoms with Gasteiger partial charge < -0.3 is 9.47 Å². The molecule has 0 atom stereocenters. The molecule has 0 aliphatic heterocycles. The molecule has 0 saturated heterocycles. The van der Waals surface area contributed by atoms with Crippen molar-refractivity contribution in [2.24, 2.45) is 0 Å². The summed E-state index contributed by atoms with van der Waals surface area (Å²) in [6.45, 7) is 0.226. The Bertz CT molecular complexity index is 784. The van der Waals surface area contributed by atoms with Gasteiger partial charge in [-0.25, -0.2) is 13.2 Å². The van der Waals surface area contributed by atoms with Crippen molar-refractivity contribution in [2.45, 2.75) is 4.90 Å². The van der Waals surface area contributed by atoms with Crippen LogP contribution in [-0.4, -0.2) is 33.9 Å². The molecule has 0 aliphatic carbocycles. The third kappa shape index (κ3) is 5.26. The van der Waals surface area contributed by atoms with Crippen LogP contribution in [0.4, 0.5) is 0 Å². The lowest BCUT2D eigenvalue weighted by Crippen LogP contribution is -2.13. The Morgan fingerprint density at radius 2 is 1.78 bits per heavy atom. The average molecular weight is 355 g/mol. The van der Waals surface area contributed by atoms with Gasteiger partial charge in [0.25, 0.3) is 0 Å². The fourth-order valence-electron chi connectivity index (χ4n) is 1.76. The van der Waals surface area contributed by atoms with Crippen molar-refractivity contribution >= 4 is 27.4 Å². The van der Waals surface area contributed by atoms with Crippen molar-refractivity contribution < 1.29 is 22.7 Å². The molecule has 0 radical (unpaired) electrons. The highest BCUT2D eigenvalue weighted by Gasteiger charge is 2.12. The van der Waals surface area contributed by atoms with E-state index in [-0.39, 0.29) is 23.7 Å². The third-order valence-electron chi connectivity index (χ3n) is 2.90. The lowest BCUT2D eigenvalue weighted by atomic mass is 10.2. The summed E-state index contributed by atoms with van der Waals surface area (Å²) in [5, 5.41) is 0.606. The number of carbonyl (C=O) groups excluding carboxylic acids is 1. The smallest absolute Gasteiger partial charge is 0.338 e. The monoisotopic (exact) mass is 354 g/mol. The average Bonchev–Trinajstić information content (AvgIpc) is 2.52. The number of esters is 1. The van der Waals surface area contributed by atoms with E-state index in [1.807, 2.05) is 0 Å². The van der Waals surface area contributed by atoms with Crippen molar-refractivity contribution in [1.82, 2.24) is 0 Å². The van der Waals surface area contributed by atoms with Crippen LogP contribution in [0.15, 0.2) is 53.4 Å². The van der Waals surface area contributed by atoms with Crippen LogP contribution in [-0.2, 0) is 14.6 Å². The second-order valence-corrected chi connectivity index (χ2v) is 7.19. The molecule has 0 amide bonds. The van der Waals surface area contributed by atoms with Crippen LogP contribution in [0.25, 0.3) is 0 Å². The van der Waals surface area contributed by atoms with Gasteiger partial charge >= 0.3 is 5.97 Å². The van der Waals surface area contributed by atoms with Crippen molar-refractivity contribution in [1.29, 1.82) is 0 Å². The molecule has 0 bridgehead atoms. The Morgan fingerprint density at radius 1 is 1.09 bits per heavy atom. The van der Waals surface area contributed by atoms with E-state index in [1.54, 1.807) is 24.3 Å². The van der Waals surface area contributed by atoms with Crippen molar-refractivity contribution in [3.8, 4) is 5.75 Å². The van der Waals surface area contributed by atoms with Gasteiger partial charge in [0.1, 0.15) is 19.0 Å². The third-order valence-corrected chi connectivity index (χ3v) is 4.26. The minimum absolute atomic E-state index is 0.0462. The Hall–Kier alpha value is -2.05. The van der Waals surface area contributed by atoms with Crippen LogP contribution >= 0.6 is 11.6 Å². The van der Waals surface area contributed by atoms with E-state index in [1.165, 1.54) is 24.3 Å². The van der Waals surface area contributed by atoms with Gasteiger partial charge in [0.05, 0.1) is 10.5 Å². The Labute approximate surface area is 139 Å². The Balaban J connectivity index is 1.86. The molecule has 122 valence electrons. The van der Waals surface area contributed by atoms with Gasteiger partial charge in [-0.3, -0.25) is 0 Å². The number of halogens is 1. The standard InChI is InChI=1S/C16H15ClO5S/c1-23(19,20)15-4-2-3-12(11-15)16(18)22-10-9-21-14-7-5-13(17)6-8-14/h2-8,11H,9-10H2,1H3. The van der Waals surface area contributed by atoms with Gasteiger partial charge in [-0.15, -0.1) is 0 Å². The summed E-state index contributed by atoms with van der Waals surface area (Å²) in [5.41, 5.74) is 0.180. The number of benzene rings is 2. The summed E-state index contributed by atoms with van der Waals surface area (Å²) in [4.78, 5) is 12.0. The second kappa shape index (κ2) is 7.48. The molecule has 0 aliphatic rings. The maximum Gasteiger partial charge on any atom is 0.338 e. The molecule has 2 aromatic carbocycles. The first-order valence-electron chi connectivity index (χ1n) is 6.72. The van der Waals surface area contributed by atoms with Gasteiger partial charge in [0, 0.05) is 11.3 Å². The summed E-state index contributed by atoms with van der Waals surface area (Å²) in [7, 11) is -3.37. The number of carbonyl (C=O) groups is 1. The van der Waals surface area contributed by atoms with Gasteiger partial charge in [-0.2, -0.15) is 0 Å². The summed E-state index contributed by atoms with van der Waals surface area (Å²) < 4.78 is 33.4. The van der Waals surface area contributed by atoms with E-state index in [0.29, 0.717) is 10.8 Å².